The van der Waals surface area contributed by atoms with Crippen LogP contribution < -0.4 is 20.4 Å². The number of hydrogen-bond acceptors (Lipinski definition) is 8. The van der Waals surface area contributed by atoms with Crippen molar-refractivity contribution in [1.29, 1.82) is 0 Å². The van der Waals surface area contributed by atoms with Crippen LogP contribution in [0.15, 0.2) is 88.8 Å². The number of amides is 2. The van der Waals surface area contributed by atoms with E-state index in [9.17, 15) is 9.59 Å². The number of anilines is 4. The maximum absolute atomic E-state index is 13.2. The second kappa shape index (κ2) is 20.9. The summed E-state index contributed by atoms with van der Waals surface area (Å²) < 4.78 is 0. The van der Waals surface area contributed by atoms with Gasteiger partial charge in [0.2, 0.25) is 0 Å². The second-order valence-electron chi connectivity index (χ2n) is 18.3. The molecule has 0 radical (unpaired) electrons. The van der Waals surface area contributed by atoms with E-state index in [-0.39, 0.29) is 11.8 Å². The molecule has 0 bridgehead atoms. The van der Waals surface area contributed by atoms with E-state index in [1.54, 1.807) is 6.20 Å². The van der Waals surface area contributed by atoms with Gasteiger partial charge in [-0.1, -0.05) is 64.0 Å². The zero-order valence-electron chi connectivity index (χ0n) is 36.5. The van der Waals surface area contributed by atoms with Crippen LogP contribution in [0.5, 0.6) is 0 Å². The summed E-state index contributed by atoms with van der Waals surface area (Å²) in [4.78, 5) is 42.9. The topological polar surface area (TPSA) is 90.5 Å². The summed E-state index contributed by atoms with van der Waals surface area (Å²) in [5.41, 5.74) is 4.62. The van der Waals surface area contributed by atoms with Gasteiger partial charge in [-0.2, -0.15) is 0 Å². The Morgan fingerprint density at radius 1 is 0.656 bits per heavy atom. The van der Waals surface area contributed by atoms with Gasteiger partial charge in [0.15, 0.2) is 0 Å². The fraction of sp³-hybridized carbons (Fsp3) is 0.529. The van der Waals surface area contributed by atoms with E-state index in [0.29, 0.717) is 16.5 Å². The number of aryl methyl sites for hydroxylation is 1. The van der Waals surface area contributed by atoms with Gasteiger partial charge < -0.3 is 20.4 Å². The van der Waals surface area contributed by atoms with E-state index >= 15 is 0 Å². The van der Waals surface area contributed by atoms with Gasteiger partial charge in [-0.25, -0.2) is 9.97 Å². The number of benzene rings is 2. The highest BCUT2D eigenvalue weighted by molar-refractivity contribution is 8.00. The highest BCUT2D eigenvalue weighted by Gasteiger charge is 2.40. The first-order chi connectivity index (χ1) is 29.8. The molecule has 2 amide bonds. The lowest BCUT2D eigenvalue weighted by molar-refractivity contribution is 0.0949. The first-order valence-corrected chi connectivity index (χ1v) is 25.2. The molecule has 2 aromatic heterocycles. The Labute approximate surface area is 373 Å². The third-order valence-corrected chi connectivity index (χ3v) is 16.5. The van der Waals surface area contributed by atoms with Crippen LogP contribution in [-0.2, 0) is 0 Å². The lowest BCUT2D eigenvalue weighted by atomic mass is 9.63. The standard InChI is InChI=1S/C26H35N3OS.C25H31N3OS/c1-3-7-20-14-16-29(17-15-20)25-24(13-12-19(2)27-25)26(30)28-21-8-6-11-23(18-21)31-22-9-4-5-10-22;29-24(27-19-6-3-9-21(18-19)30-20-7-1-2-8-20)22-10-4-15-26-23(22)28-16-13-25(14-17-28)11-5-12-25/h6,8,11-13,18,20,22H,3-5,7,9-10,14-17H2,1-2H3,(H,28,30);3-4,6,9-10,15,18,20H,1-2,5,7-8,11-14,16-17H2,(H,27,29). The van der Waals surface area contributed by atoms with Crippen molar-refractivity contribution in [1.82, 2.24) is 9.97 Å². The van der Waals surface area contributed by atoms with Crippen LogP contribution in [0.3, 0.4) is 0 Å². The van der Waals surface area contributed by atoms with Crippen molar-refractivity contribution in [3.05, 3.63) is 95.8 Å². The molecule has 0 atom stereocenters. The lowest BCUT2D eigenvalue weighted by Gasteiger charge is -2.48. The number of nitrogens with zero attached hydrogens (tertiary/aromatic N) is 4. The van der Waals surface area contributed by atoms with Crippen LogP contribution >= 0.6 is 23.5 Å². The van der Waals surface area contributed by atoms with Crippen LogP contribution in [0.25, 0.3) is 0 Å². The Kier molecular flexibility index (Phi) is 14.9. The predicted molar refractivity (Wildman–Crippen MR) is 256 cm³/mol. The van der Waals surface area contributed by atoms with Crippen molar-refractivity contribution in [3.63, 3.8) is 0 Å². The molecule has 2 saturated heterocycles. The van der Waals surface area contributed by atoms with Crippen LogP contribution in [0, 0.1) is 18.3 Å². The van der Waals surface area contributed by atoms with E-state index in [0.717, 1.165) is 71.3 Å². The van der Waals surface area contributed by atoms with Gasteiger partial charge in [0.1, 0.15) is 11.6 Å². The zero-order valence-corrected chi connectivity index (χ0v) is 38.1. The molecule has 4 heterocycles. The smallest absolute Gasteiger partial charge is 0.259 e. The highest BCUT2D eigenvalue weighted by atomic mass is 32.2. The molecular weight excluding hydrogens is 793 g/mol. The van der Waals surface area contributed by atoms with Crippen molar-refractivity contribution in [2.75, 3.05) is 46.6 Å². The molecule has 8 nitrogen and oxygen atoms in total. The molecule has 5 aliphatic rings. The summed E-state index contributed by atoms with van der Waals surface area (Å²) in [6.07, 6.45) is 23.9. The highest BCUT2D eigenvalue weighted by Crippen LogP contribution is 2.49. The fourth-order valence-electron chi connectivity index (χ4n) is 10.1. The summed E-state index contributed by atoms with van der Waals surface area (Å²) in [6.45, 7) is 8.23. The number of piperidine rings is 2. The van der Waals surface area contributed by atoms with Gasteiger partial charge in [-0.05, 0) is 143 Å². The van der Waals surface area contributed by atoms with Gasteiger partial charge in [-0.15, -0.1) is 23.5 Å². The van der Waals surface area contributed by atoms with E-state index < -0.39 is 0 Å². The third-order valence-electron chi connectivity index (χ3n) is 13.8. The van der Waals surface area contributed by atoms with E-state index in [4.69, 9.17) is 4.98 Å². The van der Waals surface area contributed by atoms with Crippen molar-refractivity contribution in [3.8, 4) is 0 Å². The molecule has 3 aliphatic carbocycles. The normalized spacial score (nSPS) is 19.3. The second-order valence-corrected chi connectivity index (χ2v) is 21.0. The van der Waals surface area contributed by atoms with Crippen molar-refractivity contribution >= 4 is 58.3 Å². The molecule has 5 fully saturated rings. The number of rotatable bonds is 12. The molecule has 9 rings (SSSR count). The van der Waals surface area contributed by atoms with E-state index in [1.807, 2.05) is 79.0 Å². The Morgan fingerprint density at radius 3 is 1.75 bits per heavy atom. The van der Waals surface area contributed by atoms with Gasteiger partial charge in [0, 0.05) is 69.7 Å². The summed E-state index contributed by atoms with van der Waals surface area (Å²) in [5.74, 6) is 2.35. The van der Waals surface area contributed by atoms with Crippen LogP contribution in [0.4, 0.5) is 23.0 Å². The summed E-state index contributed by atoms with van der Waals surface area (Å²) >= 11 is 3.90. The number of carbonyl (C=O) groups is 2. The Hall–Kier alpha value is -4.02. The molecule has 2 aliphatic heterocycles. The summed E-state index contributed by atoms with van der Waals surface area (Å²) in [7, 11) is 0. The Balaban J connectivity index is 0.000000168. The number of nitrogens with one attached hydrogen (secondary N) is 2. The minimum absolute atomic E-state index is 0.0648. The monoisotopic (exact) mass is 858 g/mol. The van der Waals surface area contributed by atoms with Crippen LogP contribution in [0.2, 0.25) is 0 Å². The average molecular weight is 859 g/mol. The van der Waals surface area contributed by atoms with Crippen LogP contribution in [0.1, 0.15) is 142 Å². The molecule has 0 unspecified atom stereocenters. The largest absolute Gasteiger partial charge is 0.356 e. The number of hydrogen-bond donors (Lipinski definition) is 2. The van der Waals surface area contributed by atoms with Crippen molar-refractivity contribution < 1.29 is 9.59 Å². The number of aromatic nitrogens is 2. The molecule has 1 spiro atoms. The molecule has 3 saturated carbocycles. The lowest BCUT2D eigenvalue weighted by Crippen LogP contribution is -2.44. The predicted octanol–water partition coefficient (Wildman–Crippen LogP) is 12.8. The minimum atomic E-state index is -0.0683. The Bertz CT molecular complexity index is 2080. The van der Waals surface area contributed by atoms with Crippen molar-refractivity contribution in [2.24, 2.45) is 11.3 Å². The Morgan fingerprint density at radius 2 is 1.21 bits per heavy atom. The SMILES string of the molecule is CCCC1CCN(c2nc(C)ccc2C(=O)Nc2cccc(SC3CCCC3)c2)CC1.O=C(Nc1cccc(SC2CCCC2)c1)c1cccnc1N1CCC2(CCC2)CC1. The molecular formula is C51H66N6O2S2. The number of carbonyl (C=O) groups excluding carboxylic acids is 2. The number of thioether (sulfide) groups is 2. The molecule has 10 heteroatoms. The molecule has 61 heavy (non-hydrogen) atoms. The molecule has 2 N–H and O–H groups in total. The molecule has 324 valence electrons. The van der Waals surface area contributed by atoms with Crippen LogP contribution in [-0.4, -0.2) is 58.5 Å². The molecule has 4 aromatic rings. The quantitative estimate of drug-likeness (QED) is 0.146. The summed E-state index contributed by atoms with van der Waals surface area (Å²) in [6, 6.07) is 24.2. The fourth-order valence-corrected chi connectivity index (χ4v) is 12.7. The first-order valence-electron chi connectivity index (χ1n) is 23.4. The molecule has 2 aromatic carbocycles. The van der Waals surface area contributed by atoms with Gasteiger partial charge in [0.25, 0.3) is 11.8 Å². The number of pyridine rings is 2. The maximum Gasteiger partial charge on any atom is 0.259 e. The van der Waals surface area contributed by atoms with E-state index in [2.05, 4.69) is 56.6 Å². The minimum Gasteiger partial charge on any atom is -0.356 e. The van der Waals surface area contributed by atoms with Crippen molar-refractivity contribution in [2.45, 2.75) is 143 Å². The maximum atomic E-state index is 13.2. The zero-order chi connectivity index (χ0) is 42.0. The van der Waals surface area contributed by atoms with Gasteiger partial charge in [-0.3, -0.25) is 9.59 Å². The third kappa shape index (κ3) is 11.5. The van der Waals surface area contributed by atoms with Gasteiger partial charge >= 0.3 is 0 Å². The first kappa shape index (κ1) is 43.6. The van der Waals surface area contributed by atoms with E-state index in [1.165, 1.54) is 119 Å². The average Bonchev–Trinajstić information content (AvgIpc) is 3.99. The summed E-state index contributed by atoms with van der Waals surface area (Å²) in [5, 5.41) is 7.69. The van der Waals surface area contributed by atoms with Gasteiger partial charge in [0.05, 0.1) is 11.1 Å².